The van der Waals surface area contributed by atoms with Gasteiger partial charge in [0.25, 0.3) is 0 Å². The van der Waals surface area contributed by atoms with Crippen LogP contribution in [0.2, 0.25) is 0 Å². The Kier molecular flexibility index (Phi) is 6.86. The summed E-state index contributed by atoms with van der Waals surface area (Å²) in [5.74, 6) is 0.316. The first-order valence-corrected chi connectivity index (χ1v) is 11.6. The number of nitrogens with zero attached hydrogens (tertiary/aromatic N) is 3. The SMILES string of the molecule is O=C(O)CC(CCCC1CCCCC1)c1nc(CN2CCCS2(=O)=O)no1. The van der Waals surface area contributed by atoms with E-state index in [1.54, 1.807) is 0 Å². The van der Waals surface area contributed by atoms with Crippen LogP contribution in [0.4, 0.5) is 0 Å². The monoisotopic (exact) mass is 399 g/mol. The lowest BCUT2D eigenvalue weighted by molar-refractivity contribution is -0.137. The Labute approximate surface area is 160 Å². The molecule has 1 atom stereocenters. The highest BCUT2D eigenvalue weighted by molar-refractivity contribution is 7.89. The maximum absolute atomic E-state index is 11.9. The number of aromatic nitrogens is 2. The van der Waals surface area contributed by atoms with E-state index in [1.165, 1.54) is 36.4 Å². The zero-order valence-electron chi connectivity index (χ0n) is 15.7. The fraction of sp³-hybridized carbons (Fsp3) is 0.833. The summed E-state index contributed by atoms with van der Waals surface area (Å²) in [6.45, 7) is 0.555. The first-order valence-electron chi connectivity index (χ1n) is 9.96. The number of carboxylic acids is 1. The van der Waals surface area contributed by atoms with Crippen molar-refractivity contribution in [1.29, 1.82) is 0 Å². The number of aliphatic carboxylic acids is 1. The van der Waals surface area contributed by atoms with Crippen molar-refractivity contribution in [3.8, 4) is 0 Å². The van der Waals surface area contributed by atoms with Gasteiger partial charge < -0.3 is 9.63 Å². The van der Waals surface area contributed by atoms with Crippen LogP contribution in [0.3, 0.4) is 0 Å². The third kappa shape index (κ3) is 5.75. The van der Waals surface area contributed by atoms with Crippen molar-refractivity contribution in [2.45, 2.75) is 76.7 Å². The second-order valence-corrected chi connectivity index (χ2v) is 9.87. The molecule has 1 aliphatic heterocycles. The number of hydrogen-bond donors (Lipinski definition) is 1. The predicted molar refractivity (Wildman–Crippen MR) is 98.5 cm³/mol. The molecule has 1 aromatic rings. The fourth-order valence-electron chi connectivity index (χ4n) is 4.18. The van der Waals surface area contributed by atoms with Crippen LogP contribution in [-0.2, 0) is 21.4 Å². The second-order valence-electron chi connectivity index (χ2n) is 7.78. The van der Waals surface area contributed by atoms with Gasteiger partial charge in [0.05, 0.1) is 18.7 Å². The van der Waals surface area contributed by atoms with Gasteiger partial charge in [-0.15, -0.1) is 0 Å². The van der Waals surface area contributed by atoms with Gasteiger partial charge in [-0.25, -0.2) is 8.42 Å². The van der Waals surface area contributed by atoms with Crippen molar-refractivity contribution in [3.63, 3.8) is 0 Å². The molecule has 0 aromatic carbocycles. The van der Waals surface area contributed by atoms with E-state index in [-0.39, 0.29) is 24.6 Å². The minimum absolute atomic E-state index is 0.0473. The van der Waals surface area contributed by atoms with Gasteiger partial charge in [-0.3, -0.25) is 4.79 Å². The first kappa shape index (κ1) is 20.3. The fourth-order valence-corrected chi connectivity index (χ4v) is 5.65. The second kappa shape index (κ2) is 9.14. The highest BCUT2D eigenvalue weighted by atomic mass is 32.2. The van der Waals surface area contributed by atoms with Crippen LogP contribution >= 0.6 is 0 Å². The van der Waals surface area contributed by atoms with E-state index in [4.69, 9.17) is 4.52 Å². The third-order valence-electron chi connectivity index (χ3n) is 5.66. The molecule has 0 spiro atoms. The zero-order valence-corrected chi connectivity index (χ0v) is 16.5. The Morgan fingerprint density at radius 3 is 2.70 bits per heavy atom. The number of sulfonamides is 1. The number of carbonyl (C=O) groups is 1. The van der Waals surface area contributed by atoms with Crippen LogP contribution < -0.4 is 0 Å². The van der Waals surface area contributed by atoms with Crippen LogP contribution in [-0.4, -0.2) is 46.2 Å². The van der Waals surface area contributed by atoms with E-state index in [9.17, 15) is 18.3 Å². The molecule has 0 bridgehead atoms. The number of hydrogen-bond acceptors (Lipinski definition) is 6. The minimum atomic E-state index is -3.22. The minimum Gasteiger partial charge on any atom is -0.481 e. The molecule has 1 unspecified atom stereocenters. The van der Waals surface area contributed by atoms with Gasteiger partial charge in [0.15, 0.2) is 5.82 Å². The molecule has 0 amide bonds. The molecule has 1 aromatic heterocycles. The lowest BCUT2D eigenvalue weighted by atomic mass is 9.84. The summed E-state index contributed by atoms with van der Waals surface area (Å²) < 4.78 is 30.5. The maximum Gasteiger partial charge on any atom is 0.304 e. The smallest absolute Gasteiger partial charge is 0.304 e. The standard InChI is InChI=1S/C18H29N3O5S/c22-17(23)12-15(9-4-8-14-6-2-1-3-7-14)18-19-16(20-26-18)13-21-10-5-11-27(21,24)25/h14-15H,1-13H2,(H,22,23). The molecular formula is C18H29N3O5S. The van der Waals surface area contributed by atoms with E-state index in [1.807, 2.05) is 0 Å². The average molecular weight is 400 g/mol. The van der Waals surface area contributed by atoms with E-state index < -0.39 is 16.0 Å². The molecule has 8 nitrogen and oxygen atoms in total. The van der Waals surface area contributed by atoms with Gasteiger partial charge in [0.2, 0.25) is 15.9 Å². The van der Waals surface area contributed by atoms with Gasteiger partial charge in [0, 0.05) is 12.5 Å². The summed E-state index contributed by atoms with van der Waals surface area (Å²) in [6.07, 6.45) is 9.80. The quantitative estimate of drug-likeness (QED) is 0.679. The Hall–Kier alpha value is -1.48. The largest absolute Gasteiger partial charge is 0.481 e. The molecule has 2 aliphatic rings. The lowest BCUT2D eigenvalue weighted by Gasteiger charge is -2.21. The lowest BCUT2D eigenvalue weighted by Crippen LogP contribution is -2.25. The zero-order chi connectivity index (χ0) is 19.3. The van der Waals surface area contributed by atoms with Crippen LogP contribution in [0.5, 0.6) is 0 Å². The summed E-state index contributed by atoms with van der Waals surface area (Å²) >= 11 is 0. The van der Waals surface area contributed by atoms with Crippen molar-refractivity contribution < 1.29 is 22.8 Å². The average Bonchev–Trinajstić information content (AvgIpc) is 3.22. The van der Waals surface area contributed by atoms with Crippen molar-refractivity contribution in [2.75, 3.05) is 12.3 Å². The normalized spacial score (nSPS) is 22.1. The molecule has 1 aliphatic carbocycles. The van der Waals surface area contributed by atoms with Crippen LogP contribution in [0, 0.1) is 5.92 Å². The van der Waals surface area contributed by atoms with Gasteiger partial charge in [-0.2, -0.15) is 9.29 Å². The molecular weight excluding hydrogens is 370 g/mol. The van der Waals surface area contributed by atoms with Crippen LogP contribution in [0.1, 0.15) is 81.8 Å². The summed E-state index contributed by atoms with van der Waals surface area (Å²) in [4.78, 5) is 15.6. The molecule has 152 valence electrons. The molecule has 2 fully saturated rings. The Morgan fingerprint density at radius 2 is 2.04 bits per heavy atom. The Morgan fingerprint density at radius 1 is 1.26 bits per heavy atom. The molecule has 1 saturated heterocycles. The van der Waals surface area contributed by atoms with Gasteiger partial charge in [-0.1, -0.05) is 50.1 Å². The van der Waals surface area contributed by atoms with Gasteiger partial charge >= 0.3 is 5.97 Å². The summed E-state index contributed by atoms with van der Waals surface area (Å²) in [7, 11) is -3.22. The molecule has 1 N–H and O–H groups in total. The van der Waals surface area contributed by atoms with Crippen LogP contribution in [0.15, 0.2) is 4.52 Å². The predicted octanol–water partition coefficient (Wildman–Crippen LogP) is 2.91. The highest BCUT2D eigenvalue weighted by Crippen LogP contribution is 2.31. The molecule has 2 heterocycles. The number of carboxylic acid groups (broad SMARTS) is 1. The molecule has 9 heteroatoms. The van der Waals surface area contributed by atoms with E-state index >= 15 is 0 Å². The van der Waals surface area contributed by atoms with Crippen LogP contribution in [0.25, 0.3) is 0 Å². The molecule has 3 rings (SSSR count). The Balaban J connectivity index is 1.57. The number of rotatable bonds is 9. The first-order chi connectivity index (χ1) is 12.9. The van der Waals surface area contributed by atoms with Crippen molar-refractivity contribution >= 4 is 16.0 Å². The molecule has 0 radical (unpaired) electrons. The van der Waals surface area contributed by atoms with Crippen molar-refractivity contribution in [1.82, 2.24) is 14.4 Å². The van der Waals surface area contributed by atoms with Gasteiger partial charge in [0.1, 0.15) is 0 Å². The molecule has 1 saturated carbocycles. The van der Waals surface area contributed by atoms with Gasteiger partial charge in [-0.05, 0) is 18.8 Å². The maximum atomic E-state index is 11.9. The summed E-state index contributed by atoms with van der Waals surface area (Å²) in [6, 6.07) is 0. The van der Waals surface area contributed by atoms with Crippen molar-refractivity contribution in [2.24, 2.45) is 5.92 Å². The van der Waals surface area contributed by atoms with E-state index in [0.717, 1.165) is 18.8 Å². The summed E-state index contributed by atoms with van der Waals surface area (Å²) in [5.41, 5.74) is 0. The van der Waals surface area contributed by atoms with E-state index in [2.05, 4.69) is 10.1 Å². The Bertz CT molecular complexity index is 727. The third-order valence-corrected chi connectivity index (χ3v) is 7.57. The highest BCUT2D eigenvalue weighted by Gasteiger charge is 2.30. The van der Waals surface area contributed by atoms with E-state index in [0.29, 0.717) is 31.1 Å². The topological polar surface area (TPSA) is 114 Å². The summed E-state index contributed by atoms with van der Waals surface area (Å²) in [5, 5.41) is 13.1. The van der Waals surface area contributed by atoms with Crippen molar-refractivity contribution in [3.05, 3.63) is 11.7 Å². The molecule has 27 heavy (non-hydrogen) atoms.